The Hall–Kier alpha value is -0.500. The Balaban J connectivity index is 2.59. The molecule has 0 N–H and O–H groups in total. The zero-order valence-corrected chi connectivity index (χ0v) is 10.9. The van der Waals surface area contributed by atoms with Crippen molar-refractivity contribution in [2.75, 3.05) is 5.88 Å². The molecule has 1 atom stereocenters. The summed E-state index contributed by atoms with van der Waals surface area (Å²) in [6.45, 7) is 6.73. The van der Waals surface area contributed by atoms with Crippen molar-refractivity contribution in [1.82, 2.24) is 9.55 Å². The van der Waals surface area contributed by atoms with Crippen molar-refractivity contribution < 1.29 is 0 Å². The van der Waals surface area contributed by atoms with Crippen LogP contribution in [0.1, 0.15) is 33.0 Å². The fraction of sp³-hybridized carbons (Fsp3) is 0.750. The molecule has 0 saturated heterocycles. The molecule has 1 unspecified atom stereocenters. The molecule has 0 bridgehead atoms. The first-order valence-corrected chi connectivity index (χ1v) is 6.05. The van der Waals surface area contributed by atoms with Gasteiger partial charge in [-0.15, -0.1) is 11.6 Å². The van der Waals surface area contributed by atoms with E-state index in [0.29, 0.717) is 5.92 Å². The van der Waals surface area contributed by atoms with Gasteiger partial charge in [0.2, 0.25) is 0 Å². The quantitative estimate of drug-likeness (QED) is 0.708. The zero-order chi connectivity index (χ0) is 11.5. The van der Waals surface area contributed by atoms with E-state index in [-0.39, 0.29) is 5.41 Å². The van der Waals surface area contributed by atoms with Crippen molar-refractivity contribution in [2.45, 2.75) is 33.6 Å². The van der Waals surface area contributed by atoms with Gasteiger partial charge in [-0.25, -0.2) is 4.98 Å². The molecule has 0 aliphatic rings. The Kier molecular flexibility index (Phi) is 4.21. The fourth-order valence-electron chi connectivity index (χ4n) is 1.54. The van der Waals surface area contributed by atoms with Gasteiger partial charge in [-0.3, -0.25) is 0 Å². The van der Waals surface area contributed by atoms with Crippen LogP contribution in [0.2, 0.25) is 0 Å². The molecule has 0 radical (unpaired) electrons. The largest absolute Gasteiger partial charge is 0.338 e. The van der Waals surface area contributed by atoms with Crippen molar-refractivity contribution in [3.63, 3.8) is 0 Å². The summed E-state index contributed by atoms with van der Waals surface area (Å²) in [5.41, 5.74) is 0.216. The first-order valence-electron chi connectivity index (χ1n) is 5.52. The highest BCUT2D eigenvalue weighted by Gasteiger charge is 2.27. The van der Waals surface area contributed by atoms with Crippen LogP contribution in [0.3, 0.4) is 0 Å². The third-order valence-corrected chi connectivity index (χ3v) is 4.15. The molecule has 2 nitrogen and oxygen atoms in total. The summed E-state index contributed by atoms with van der Waals surface area (Å²) in [4.78, 5) is 4.33. The highest BCUT2D eigenvalue weighted by atomic mass is 35.5. The number of halogens is 1. The zero-order valence-electron chi connectivity index (χ0n) is 10.1. The van der Waals surface area contributed by atoms with Crippen LogP contribution < -0.4 is 0 Å². The lowest BCUT2D eigenvalue weighted by Crippen LogP contribution is -2.26. The highest BCUT2D eigenvalue weighted by molar-refractivity contribution is 6.18. The minimum atomic E-state index is 0.216. The third-order valence-electron chi connectivity index (χ3n) is 3.54. The second-order valence-corrected chi connectivity index (χ2v) is 5.16. The Labute approximate surface area is 97.7 Å². The van der Waals surface area contributed by atoms with Crippen LogP contribution in [-0.2, 0) is 13.5 Å². The molecule has 3 heteroatoms. The maximum Gasteiger partial charge on any atom is 0.108 e. The summed E-state index contributed by atoms with van der Waals surface area (Å²) in [5.74, 6) is 2.47. The Morgan fingerprint density at radius 1 is 1.53 bits per heavy atom. The van der Waals surface area contributed by atoms with E-state index in [2.05, 4.69) is 30.3 Å². The van der Waals surface area contributed by atoms with Gasteiger partial charge in [0.25, 0.3) is 0 Å². The van der Waals surface area contributed by atoms with Gasteiger partial charge in [0.05, 0.1) is 0 Å². The van der Waals surface area contributed by atoms with Gasteiger partial charge in [0.1, 0.15) is 5.82 Å². The summed E-state index contributed by atoms with van der Waals surface area (Å²) < 4.78 is 2.08. The topological polar surface area (TPSA) is 17.8 Å². The average molecular weight is 229 g/mol. The predicted molar refractivity (Wildman–Crippen MR) is 65.2 cm³/mol. The van der Waals surface area contributed by atoms with Gasteiger partial charge in [0.15, 0.2) is 0 Å². The van der Waals surface area contributed by atoms with Crippen LogP contribution >= 0.6 is 11.6 Å². The molecule has 15 heavy (non-hydrogen) atoms. The molecular formula is C12H21ClN2. The second kappa shape index (κ2) is 5.02. The van der Waals surface area contributed by atoms with E-state index < -0.39 is 0 Å². The maximum absolute atomic E-state index is 6.06. The van der Waals surface area contributed by atoms with E-state index in [1.807, 2.05) is 19.4 Å². The molecule has 0 saturated carbocycles. The molecular weight excluding hydrogens is 208 g/mol. The van der Waals surface area contributed by atoms with Crippen LogP contribution in [0.25, 0.3) is 0 Å². The second-order valence-electron chi connectivity index (χ2n) is 4.90. The first kappa shape index (κ1) is 12.6. The lowest BCUT2D eigenvalue weighted by Gasteiger charge is -2.31. The SMILES string of the molecule is CC(C)C(C)(CCl)CCc1nccn1C. The molecule has 86 valence electrons. The minimum Gasteiger partial charge on any atom is -0.338 e. The van der Waals surface area contributed by atoms with Crippen molar-refractivity contribution in [3.8, 4) is 0 Å². The Morgan fingerprint density at radius 3 is 2.60 bits per heavy atom. The number of nitrogens with zero attached hydrogens (tertiary/aromatic N) is 2. The monoisotopic (exact) mass is 228 g/mol. The van der Waals surface area contributed by atoms with E-state index in [1.165, 1.54) is 0 Å². The van der Waals surface area contributed by atoms with Gasteiger partial charge in [0, 0.05) is 31.7 Å². The molecule has 1 heterocycles. The lowest BCUT2D eigenvalue weighted by atomic mass is 9.77. The number of rotatable bonds is 5. The molecule has 1 aromatic rings. The van der Waals surface area contributed by atoms with Crippen LogP contribution in [0.5, 0.6) is 0 Å². The molecule has 0 aliphatic carbocycles. The summed E-state index contributed by atoms with van der Waals surface area (Å²) in [6.07, 6.45) is 5.94. The van der Waals surface area contributed by atoms with Gasteiger partial charge in [-0.1, -0.05) is 20.8 Å². The molecule has 0 aliphatic heterocycles. The Morgan fingerprint density at radius 2 is 2.20 bits per heavy atom. The molecule has 1 rings (SSSR count). The fourth-order valence-corrected chi connectivity index (χ4v) is 1.99. The number of alkyl halides is 1. The summed E-state index contributed by atoms with van der Waals surface area (Å²) >= 11 is 6.06. The van der Waals surface area contributed by atoms with E-state index in [4.69, 9.17) is 11.6 Å². The van der Waals surface area contributed by atoms with Crippen LogP contribution in [0, 0.1) is 11.3 Å². The number of aryl methyl sites for hydroxylation is 2. The van der Waals surface area contributed by atoms with E-state index in [0.717, 1.165) is 24.5 Å². The van der Waals surface area contributed by atoms with Crippen LogP contribution in [-0.4, -0.2) is 15.4 Å². The van der Waals surface area contributed by atoms with Gasteiger partial charge in [-0.2, -0.15) is 0 Å². The number of aromatic nitrogens is 2. The molecule has 0 aromatic carbocycles. The van der Waals surface area contributed by atoms with Gasteiger partial charge < -0.3 is 4.57 Å². The van der Waals surface area contributed by atoms with Gasteiger partial charge >= 0.3 is 0 Å². The Bertz CT molecular complexity index is 306. The third kappa shape index (κ3) is 2.97. The summed E-state index contributed by atoms with van der Waals surface area (Å²) in [7, 11) is 2.04. The smallest absolute Gasteiger partial charge is 0.108 e. The highest BCUT2D eigenvalue weighted by Crippen LogP contribution is 2.33. The van der Waals surface area contributed by atoms with Crippen LogP contribution in [0.4, 0.5) is 0 Å². The van der Waals surface area contributed by atoms with E-state index in [9.17, 15) is 0 Å². The first-order chi connectivity index (χ1) is 6.99. The van der Waals surface area contributed by atoms with E-state index in [1.54, 1.807) is 0 Å². The van der Waals surface area contributed by atoms with E-state index >= 15 is 0 Å². The summed E-state index contributed by atoms with van der Waals surface area (Å²) in [6, 6.07) is 0. The maximum atomic E-state index is 6.06. The number of imidazole rings is 1. The van der Waals surface area contributed by atoms with Crippen molar-refractivity contribution in [2.24, 2.45) is 18.4 Å². The van der Waals surface area contributed by atoms with Crippen LogP contribution in [0.15, 0.2) is 12.4 Å². The predicted octanol–water partition coefficient (Wildman–Crippen LogP) is 3.25. The van der Waals surface area contributed by atoms with Crippen molar-refractivity contribution in [3.05, 3.63) is 18.2 Å². The minimum absolute atomic E-state index is 0.216. The molecule has 1 aromatic heterocycles. The molecule has 0 fully saturated rings. The normalized spacial score (nSPS) is 15.6. The average Bonchev–Trinajstić information content (AvgIpc) is 2.60. The lowest BCUT2D eigenvalue weighted by molar-refractivity contribution is 0.232. The van der Waals surface area contributed by atoms with Crippen molar-refractivity contribution >= 4 is 11.6 Å². The number of hydrogen-bond acceptors (Lipinski definition) is 1. The standard InChI is InChI=1S/C12H21ClN2/c1-10(2)12(3,9-13)6-5-11-14-7-8-15(11)4/h7-8,10H,5-6,9H2,1-4H3. The number of hydrogen-bond donors (Lipinski definition) is 0. The summed E-state index contributed by atoms with van der Waals surface area (Å²) in [5, 5.41) is 0. The molecule has 0 amide bonds. The van der Waals surface area contributed by atoms with Crippen molar-refractivity contribution in [1.29, 1.82) is 0 Å². The van der Waals surface area contributed by atoms with Gasteiger partial charge in [-0.05, 0) is 17.8 Å². The molecule has 0 spiro atoms.